The van der Waals surface area contributed by atoms with Gasteiger partial charge in [0.05, 0.1) is 22.9 Å². The van der Waals surface area contributed by atoms with E-state index in [4.69, 9.17) is 11.6 Å². The highest BCUT2D eigenvalue weighted by Crippen LogP contribution is 2.22. The minimum atomic E-state index is -0.318. The molecule has 0 atom stereocenters. The van der Waals surface area contributed by atoms with E-state index in [1.54, 1.807) is 18.3 Å². The highest BCUT2D eigenvalue weighted by Gasteiger charge is 2.15. The molecule has 1 saturated heterocycles. The number of carbonyl (C=O) groups excluding carboxylic acids is 1. The van der Waals surface area contributed by atoms with Gasteiger partial charge in [-0.2, -0.15) is 0 Å². The second-order valence-corrected chi connectivity index (χ2v) is 6.24. The van der Waals surface area contributed by atoms with Gasteiger partial charge in [-0.3, -0.25) is 0 Å². The van der Waals surface area contributed by atoms with Crippen molar-refractivity contribution in [3.8, 4) is 0 Å². The lowest BCUT2D eigenvalue weighted by atomic mass is 10.2. The fourth-order valence-corrected chi connectivity index (χ4v) is 2.89. The monoisotopic (exact) mass is 345 g/mol. The number of hydrogen-bond donors (Lipinski definition) is 2. The van der Waals surface area contributed by atoms with Gasteiger partial charge in [0, 0.05) is 19.3 Å². The number of nitrogens with one attached hydrogen (secondary N) is 2. The largest absolute Gasteiger partial charge is 0.341 e. The van der Waals surface area contributed by atoms with Crippen molar-refractivity contribution in [2.75, 3.05) is 23.3 Å². The maximum atomic E-state index is 12.0. The van der Waals surface area contributed by atoms with Crippen LogP contribution >= 0.6 is 11.6 Å². The molecule has 0 spiro atoms. The van der Waals surface area contributed by atoms with Crippen LogP contribution in [-0.4, -0.2) is 29.1 Å². The predicted octanol–water partition coefficient (Wildman–Crippen LogP) is 3.36. The molecular weight excluding hydrogens is 326 g/mol. The van der Waals surface area contributed by atoms with Gasteiger partial charge >= 0.3 is 6.03 Å². The van der Waals surface area contributed by atoms with Crippen LogP contribution < -0.4 is 15.5 Å². The van der Waals surface area contributed by atoms with E-state index in [-0.39, 0.29) is 6.03 Å². The van der Waals surface area contributed by atoms with Gasteiger partial charge in [0.2, 0.25) is 5.95 Å². The SMILES string of the molecule is Cc1ccc(NC(=O)NCc2ccnc(N3CCCC3)n2)c(Cl)c1. The molecule has 2 N–H and O–H groups in total. The van der Waals surface area contributed by atoms with E-state index in [9.17, 15) is 4.79 Å². The number of carbonyl (C=O) groups is 1. The number of rotatable bonds is 4. The van der Waals surface area contributed by atoms with Crippen molar-refractivity contribution in [1.82, 2.24) is 15.3 Å². The molecule has 0 saturated carbocycles. The van der Waals surface area contributed by atoms with Gasteiger partial charge in [0.25, 0.3) is 0 Å². The molecule has 0 radical (unpaired) electrons. The first kappa shape index (κ1) is 16.5. The summed E-state index contributed by atoms with van der Waals surface area (Å²) in [6, 6.07) is 6.98. The Morgan fingerprint density at radius 3 is 2.83 bits per heavy atom. The zero-order valence-electron chi connectivity index (χ0n) is 13.6. The number of anilines is 2. The van der Waals surface area contributed by atoms with E-state index < -0.39 is 0 Å². The Balaban J connectivity index is 1.57. The summed E-state index contributed by atoms with van der Waals surface area (Å²) in [4.78, 5) is 23.0. The third-order valence-corrected chi connectivity index (χ3v) is 4.21. The number of benzene rings is 1. The summed E-state index contributed by atoms with van der Waals surface area (Å²) in [5.41, 5.74) is 2.40. The van der Waals surface area contributed by atoms with Gasteiger partial charge in [-0.25, -0.2) is 14.8 Å². The van der Waals surface area contributed by atoms with Crippen LogP contribution in [0.2, 0.25) is 5.02 Å². The average Bonchev–Trinajstić information content (AvgIpc) is 3.10. The Bertz CT molecular complexity index is 731. The van der Waals surface area contributed by atoms with Crippen LogP contribution in [0.5, 0.6) is 0 Å². The number of halogens is 1. The van der Waals surface area contributed by atoms with Crippen LogP contribution in [0.1, 0.15) is 24.1 Å². The van der Waals surface area contributed by atoms with Crippen molar-refractivity contribution in [2.24, 2.45) is 0 Å². The molecule has 1 aromatic heterocycles. The van der Waals surface area contributed by atoms with Gasteiger partial charge in [0.15, 0.2) is 0 Å². The van der Waals surface area contributed by atoms with Crippen molar-refractivity contribution >= 4 is 29.3 Å². The maximum absolute atomic E-state index is 12.0. The molecule has 2 heterocycles. The normalized spacial score (nSPS) is 13.8. The minimum absolute atomic E-state index is 0.318. The third kappa shape index (κ3) is 4.14. The summed E-state index contributed by atoms with van der Waals surface area (Å²) < 4.78 is 0. The zero-order valence-corrected chi connectivity index (χ0v) is 14.3. The standard InChI is InChI=1S/C17H20ClN5O/c1-12-4-5-15(14(18)10-12)22-17(24)20-11-13-6-7-19-16(21-13)23-8-2-3-9-23/h4-7,10H,2-3,8-9,11H2,1H3,(H2,20,22,24). The van der Waals surface area contributed by atoms with Crippen molar-refractivity contribution < 1.29 is 4.79 Å². The molecule has 1 fully saturated rings. The number of urea groups is 1. The number of aryl methyl sites for hydroxylation is 1. The number of nitrogens with zero attached hydrogens (tertiary/aromatic N) is 3. The molecule has 126 valence electrons. The first-order valence-corrected chi connectivity index (χ1v) is 8.37. The summed E-state index contributed by atoms with van der Waals surface area (Å²) in [7, 11) is 0. The lowest BCUT2D eigenvalue weighted by molar-refractivity contribution is 0.251. The molecule has 1 aliphatic rings. The Hall–Kier alpha value is -2.34. The zero-order chi connectivity index (χ0) is 16.9. The van der Waals surface area contributed by atoms with Crippen molar-refractivity contribution in [3.05, 3.63) is 46.7 Å². The Labute approximate surface area is 146 Å². The summed E-state index contributed by atoms with van der Waals surface area (Å²) in [6.45, 7) is 4.26. The highest BCUT2D eigenvalue weighted by atomic mass is 35.5. The smallest absolute Gasteiger partial charge is 0.319 e. The topological polar surface area (TPSA) is 70.2 Å². The molecule has 3 rings (SSSR count). The molecule has 0 aliphatic carbocycles. The van der Waals surface area contributed by atoms with E-state index in [1.807, 2.05) is 19.1 Å². The van der Waals surface area contributed by atoms with Gasteiger partial charge in [-0.05, 0) is 43.5 Å². The van der Waals surface area contributed by atoms with Gasteiger partial charge in [0.1, 0.15) is 0 Å². The third-order valence-electron chi connectivity index (χ3n) is 3.89. The Morgan fingerprint density at radius 2 is 2.08 bits per heavy atom. The fraction of sp³-hybridized carbons (Fsp3) is 0.353. The average molecular weight is 346 g/mol. The molecule has 2 amide bonds. The molecule has 24 heavy (non-hydrogen) atoms. The van der Waals surface area contributed by atoms with Crippen LogP contribution in [0.3, 0.4) is 0 Å². The quantitative estimate of drug-likeness (QED) is 0.891. The summed E-state index contributed by atoms with van der Waals surface area (Å²) in [6.07, 6.45) is 4.07. The second-order valence-electron chi connectivity index (χ2n) is 5.83. The summed E-state index contributed by atoms with van der Waals surface area (Å²) in [5, 5.41) is 6.05. The lowest BCUT2D eigenvalue weighted by Gasteiger charge is -2.15. The molecule has 1 aliphatic heterocycles. The van der Waals surface area contributed by atoms with Crippen LogP contribution in [0.25, 0.3) is 0 Å². The summed E-state index contributed by atoms with van der Waals surface area (Å²) >= 11 is 6.12. The number of hydrogen-bond acceptors (Lipinski definition) is 4. The van der Waals surface area contributed by atoms with Crippen LogP contribution in [-0.2, 0) is 6.54 Å². The van der Waals surface area contributed by atoms with Crippen LogP contribution in [0.4, 0.5) is 16.4 Å². The van der Waals surface area contributed by atoms with E-state index >= 15 is 0 Å². The Kier molecular flexibility index (Phi) is 5.15. The van der Waals surface area contributed by atoms with Gasteiger partial charge in [-0.15, -0.1) is 0 Å². The van der Waals surface area contributed by atoms with Crippen molar-refractivity contribution in [1.29, 1.82) is 0 Å². The fourth-order valence-electron chi connectivity index (χ4n) is 2.61. The lowest BCUT2D eigenvalue weighted by Crippen LogP contribution is -2.29. The van der Waals surface area contributed by atoms with E-state index in [2.05, 4.69) is 25.5 Å². The first-order valence-electron chi connectivity index (χ1n) is 8.00. The van der Waals surface area contributed by atoms with Crippen molar-refractivity contribution in [3.63, 3.8) is 0 Å². The van der Waals surface area contributed by atoms with E-state index in [1.165, 1.54) is 12.8 Å². The minimum Gasteiger partial charge on any atom is -0.341 e. The molecule has 0 bridgehead atoms. The first-order chi connectivity index (χ1) is 11.6. The van der Waals surface area contributed by atoms with E-state index in [0.29, 0.717) is 17.3 Å². The van der Waals surface area contributed by atoms with Gasteiger partial charge in [-0.1, -0.05) is 17.7 Å². The Morgan fingerprint density at radius 1 is 1.29 bits per heavy atom. The maximum Gasteiger partial charge on any atom is 0.319 e. The molecule has 6 nitrogen and oxygen atoms in total. The highest BCUT2D eigenvalue weighted by molar-refractivity contribution is 6.33. The molecule has 0 unspecified atom stereocenters. The number of aromatic nitrogens is 2. The number of amides is 2. The molecular formula is C17H20ClN5O. The summed E-state index contributed by atoms with van der Waals surface area (Å²) in [5.74, 6) is 0.730. The molecule has 7 heteroatoms. The van der Waals surface area contributed by atoms with Crippen LogP contribution in [0, 0.1) is 6.92 Å². The van der Waals surface area contributed by atoms with Crippen molar-refractivity contribution in [2.45, 2.75) is 26.3 Å². The molecule has 2 aromatic rings. The second kappa shape index (κ2) is 7.49. The van der Waals surface area contributed by atoms with Crippen LogP contribution in [0.15, 0.2) is 30.5 Å². The van der Waals surface area contributed by atoms with Gasteiger partial charge < -0.3 is 15.5 Å². The van der Waals surface area contributed by atoms with E-state index in [0.717, 1.165) is 30.3 Å². The molecule has 1 aromatic carbocycles. The predicted molar refractivity (Wildman–Crippen MR) is 95.5 cm³/mol.